The number of nitrogens with zero attached hydrogens (tertiary/aromatic N) is 3. The molecule has 2 heterocycles. The summed E-state index contributed by atoms with van der Waals surface area (Å²) in [5.41, 5.74) is 2.65. The fraction of sp³-hybridized carbons (Fsp3) is 0.304. The van der Waals surface area contributed by atoms with Crippen LogP contribution in [0.4, 0.5) is 0 Å². The third-order valence-corrected chi connectivity index (χ3v) is 5.05. The van der Waals surface area contributed by atoms with E-state index in [1.807, 2.05) is 72.5 Å². The first-order valence-electron chi connectivity index (χ1n) is 9.88. The van der Waals surface area contributed by atoms with Gasteiger partial charge in [0.2, 0.25) is 0 Å². The zero-order valence-corrected chi connectivity index (χ0v) is 16.6. The van der Waals surface area contributed by atoms with E-state index in [1.165, 1.54) is 0 Å². The van der Waals surface area contributed by atoms with Gasteiger partial charge in [-0.15, -0.1) is 0 Å². The molecule has 0 unspecified atom stereocenters. The molecule has 4 rings (SSSR count). The summed E-state index contributed by atoms with van der Waals surface area (Å²) in [5, 5.41) is 3.93. The average Bonchev–Trinajstić information content (AvgIpc) is 3.18. The van der Waals surface area contributed by atoms with Crippen molar-refractivity contribution in [3.05, 3.63) is 83.2 Å². The Morgan fingerprint density at radius 2 is 1.83 bits per heavy atom. The van der Waals surface area contributed by atoms with Crippen molar-refractivity contribution in [1.82, 2.24) is 15.0 Å². The largest absolute Gasteiger partial charge is 0.489 e. The molecule has 2 aromatic carbocycles. The predicted molar refractivity (Wildman–Crippen MR) is 110 cm³/mol. The van der Waals surface area contributed by atoms with Gasteiger partial charge in [0.1, 0.15) is 12.4 Å². The molecule has 3 aromatic rings. The standard InChI is InChI=1S/C23H25N3O3/c1-18-14-22(29-24-18)16-25-10-12-26(13-11-25)23(27)20-8-5-9-21(15-20)28-17-19-6-3-2-4-7-19/h2-9,14-15H,10-13,16-17H2,1H3. The van der Waals surface area contributed by atoms with Gasteiger partial charge < -0.3 is 14.2 Å². The number of benzene rings is 2. The molecule has 1 aliphatic heterocycles. The number of hydrogen-bond donors (Lipinski definition) is 0. The molecule has 29 heavy (non-hydrogen) atoms. The maximum Gasteiger partial charge on any atom is 0.254 e. The normalized spacial score (nSPS) is 14.7. The topological polar surface area (TPSA) is 58.8 Å². The van der Waals surface area contributed by atoms with E-state index in [1.54, 1.807) is 0 Å². The maximum absolute atomic E-state index is 12.9. The summed E-state index contributed by atoms with van der Waals surface area (Å²) in [6.45, 7) is 6.15. The number of piperazine rings is 1. The second kappa shape index (κ2) is 8.92. The maximum atomic E-state index is 12.9. The molecule has 0 aliphatic carbocycles. The van der Waals surface area contributed by atoms with E-state index in [-0.39, 0.29) is 5.91 Å². The molecule has 0 radical (unpaired) electrons. The van der Waals surface area contributed by atoms with Crippen LogP contribution in [0.25, 0.3) is 0 Å². The lowest BCUT2D eigenvalue weighted by molar-refractivity contribution is 0.0617. The minimum Gasteiger partial charge on any atom is -0.489 e. The lowest BCUT2D eigenvalue weighted by Gasteiger charge is -2.34. The fourth-order valence-corrected chi connectivity index (χ4v) is 3.46. The molecule has 0 bridgehead atoms. The number of rotatable bonds is 6. The summed E-state index contributed by atoms with van der Waals surface area (Å²) in [7, 11) is 0. The number of carbonyl (C=O) groups excluding carboxylic acids is 1. The zero-order chi connectivity index (χ0) is 20.1. The highest BCUT2D eigenvalue weighted by Crippen LogP contribution is 2.18. The second-order valence-corrected chi connectivity index (χ2v) is 7.31. The Hall–Kier alpha value is -3.12. The van der Waals surface area contributed by atoms with Crippen LogP contribution in [-0.4, -0.2) is 47.0 Å². The first kappa shape index (κ1) is 19.2. The van der Waals surface area contributed by atoms with Crippen molar-refractivity contribution in [3.8, 4) is 5.75 Å². The fourth-order valence-electron chi connectivity index (χ4n) is 3.46. The smallest absolute Gasteiger partial charge is 0.254 e. The van der Waals surface area contributed by atoms with Gasteiger partial charge in [-0.1, -0.05) is 41.6 Å². The molecule has 1 saturated heterocycles. The Morgan fingerprint density at radius 3 is 2.55 bits per heavy atom. The zero-order valence-electron chi connectivity index (χ0n) is 16.6. The summed E-state index contributed by atoms with van der Waals surface area (Å²) in [6, 6.07) is 19.4. The Kier molecular flexibility index (Phi) is 5.91. The highest BCUT2D eigenvalue weighted by molar-refractivity contribution is 5.94. The molecule has 0 N–H and O–H groups in total. The Bertz CT molecular complexity index is 947. The van der Waals surface area contributed by atoms with Crippen molar-refractivity contribution in [1.29, 1.82) is 0 Å². The molecule has 6 heteroatoms. The number of amides is 1. The molecule has 150 valence electrons. The van der Waals surface area contributed by atoms with E-state index in [2.05, 4.69) is 10.1 Å². The van der Waals surface area contributed by atoms with Crippen LogP contribution in [0, 0.1) is 6.92 Å². The first-order chi connectivity index (χ1) is 14.2. The van der Waals surface area contributed by atoms with Gasteiger partial charge in [-0.05, 0) is 30.7 Å². The quantitative estimate of drug-likeness (QED) is 0.643. The van der Waals surface area contributed by atoms with Crippen LogP contribution in [0.5, 0.6) is 5.75 Å². The van der Waals surface area contributed by atoms with Crippen LogP contribution in [0.15, 0.2) is 65.2 Å². The van der Waals surface area contributed by atoms with Crippen molar-refractivity contribution in [2.24, 2.45) is 0 Å². The van der Waals surface area contributed by atoms with Gasteiger partial charge in [0.25, 0.3) is 5.91 Å². The summed E-state index contributed by atoms with van der Waals surface area (Å²) < 4.78 is 11.2. The van der Waals surface area contributed by atoms with Crippen molar-refractivity contribution in [2.75, 3.05) is 26.2 Å². The summed E-state index contributed by atoms with van der Waals surface area (Å²) in [4.78, 5) is 17.1. The van der Waals surface area contributed by atoms with Gasteiger partial charge in [-0.25, -0.2) is 0 Å². The van der Waals surface area contributed by atoms with Crippen molar-refractivity contribution >= 4 is 5.91 Å². The Morgan fingerprint density at radius 1 is 1.03 bits per heavy atom. The number of ether oxygens (including phenoxy) is 1. The van der Waals surface area contributed by atoms with Gasteiger partial charge in [-0.3, -0.25) is 9.69 Å². The van der Waals surface area contributed by atoms with Gasteiger partial charge >= 0.3 is 0 Å². The van der Waals surface area contributed by atoms with E-state index < -0.39 is 0 Å². The first-order valence-corrected chi connectivity index (χ1v) is 9.88. The summed E-state index contributed by atoms with van der Waals surface area (Å²) >= 11 is 0. The van der Waals surface area contributed by atoms with Gasteiger partial charge in [0, 0.05) is 37.8 Å². The summed E-state index contributed by atoms with van der Waals surface area (Å²) in [5.74, 6) is 1.62. The van der Waals surface area contributed by atoms with E-state index in [4.69, 9.17) is 9.26 Å². The lowest BCUT2D eigenvalue weighted by Crippen LogP contribution is -2.48. The number of hydrogen-bond acceptors (Lipinski definition) is 5. The van der Waals surface area contributed by atoms with E-state index >= 15 is 0 Å². The molecule has 0 spiro atoms. The third kappa shape index (κ3) is 5.03. The van der Waals surface area contributed by atoms with Crippen LogP contribution in [0.3, 0.4) is 0 Å². The molecular formula is C23H25N3O3. The molecule has 0 saturated carbocycles. The van der Waals surface area contributed by atoms with Crippen LogP contribution in [0.2, 0.25) is 0 Å². The number of aryl methyl sites for hydroxylation is 1. The van der Waals surface area contributed by atoms with Crippen LogP contribution in [-0.2, 0) is 13.2 Å². The van der Waals surface area contributed by atoms with E-state index in [9.17, 15) is 4.79 Å². The molecule has 1 amide bonds. The molecule has 1 fully saturated rings. The van der Waals surface area contributed by atoms with Crippen LogP contribution >= 0.6 is 0 Å². The van der Waals surface area contributed by atoms with Gasteiger partial charge in [0.05, 0.1) is 12.2 Å². The highest BCUT2D eigenvalue weighted by atomic mass is 16.5. The molecule has 1 aromatic heterocycles. The molecule has 0 atom stereocenters. The predicted octanol–water partition coefficient (Wildman–Crippen LogP) is 3.52. The number of carbonyl (C=O) groups is 1. The highest BCUT2D eigenvalue weighted by Gasteiger charge is 2.23. The third-order valence-electron chi connectivity index (χ3n) is 5.05. The lowest BCUT2D eigenvalue weighted by atomic mass is 10.1. The molecular weight excluding hydrogens is 366 g/mol. The summed E-state index contributed by atoms with van der Waals surface area (Å²) in [6.07, 6.45) is 0. The van der Waals surface area contributed by atoms with E-state index in [0.717, 1.165) is 36.7 Å². The van der Waals surface area contributed by atoms with Crippen molar-refractivity contribution in [2.45, 2.75) is 20.1 Å². The monoisotopic (exact) mass is 391 g/mol. The van der Waals surface area contributed by atoms with Crippen LogP contribution in [0.1, 0.15) is 27.4 Å². The van der Waals surface area contributed by atoms with Gasteiger partial charge in [0.15, 0.2) is 5.76 Å². The Labute approximate surface area is 170 Å². The average molecular weight is 391 g/mol. The minimum absolute atomic E-state index is 0.0466. The second-order valence-electron chi connectivity index (χ2n) is 7.31. The Balaban J connectivity index is 1.31. The van der Waals surface area contributed by atoms with Crippen LogP contribution < -0.4 is 4.74 Å². The molecule has 1 aliphatic rings. The van der Waals surface area contributed by atoms with Crippen molar-refractivity contribution in [3.63, 3.8) is 0 Å². The van der Waals surface area contributed by atoms with Gasteiger partial charge in [-0.2, -0.15) is 0 Å². The van der Waals surface area contributed by atoms with Crippen molar-refractivity contribution < 1.29 is 14.1 Å². The number of aromatic nitrogens is 1. The minimum atomic E-state index is 0.0466. The SMILES string of the molecule is Cc1cc(CN2CCN(C(=O)c3cccc(OCc4ccccc4)c3)CC2)on1. The van der Waals surface area contributed by atoms with E-state index in [0.29, 0.717) is 31.0 Å². The molecule has 6 nitrogen and oxygen atoms in total.